The van der Waals surface area contributed by atoms with Crippen molar-refractivity contribution < 1.29 is 9.53 Å². The van der Waals surface area contributed by atoms with Gasteiger partial charge in [0.15, 0.2) is 6.61 Å². The van der Waals surface area contributed by atoms with Crippen LogP contribution >= 0.6 is 27.5 Å². The lowest BCUT2D eigenvalue weighted by atomic mass is 10.3. The highest BCUT2D eigenvalue weighted by Gasteiger charge is 2.08. The first-order valence-electron chi connectivity index (χ1n) is 4.91. The van der Waals surface area contributed by atoms with Crippen LogP contribution in [0.25, 0.3) is 0 Å². The number of ether oxygens (including phenoxy) is 1. The molecule has 2 rings (SSSR count). The highest BCUT2D eigenvalue weighted by molar-refractivity contribution is 9.10. The number of carbonyl (C=O) groups is 1. The van der Waals surface area contributed by atoms with Crippen molar-refractivity contribution >= 4 is 33.3 Å². The second kappa shape index (κ2) is 5.38. The first kappa shape index (κ1) is 12.2. The number of H-pyrrole nitrogens is 1. The molecule has 88 valence electrons. The molecule has 1 aromatic heterocycles. The normalized spacial score (nSPS) is 10.2. The summed E-state index contributed by atoms with van der Waals surface area (Å²) < 4.78 is 6.13. The maximum atomic E-state index is 11.7. The van der Waals surface area contributed by atoms with Crippen LogP contribution in [-0.2, 0) is 0 Å². The number of carbonyl (C=O) groups excluding carboxylic acids is 1. The zero-order valence-electron chi connectivity index (χ0n) is 8.74. The maximum absolute atomic E-state index is 11.7. The Morgan fingerprint density at radius 2 is 2.24 bits per heavy atom. The average molecular weight is 315 g/mol. The Labute approximate surface area is 112 Å². The highest BCUT2D eigenvalue weighted by Crippen LogP contribution is 2.27. The molecule has 0 aliphatic heterocycles. The average Bonchev–Trinajstić information content (AvgIpc) is 2.81. The molecular weight excluding hydrogens is 305 g/mol. The van der Waals surface area contributed by atoms with E-state index in [1.165, 1.54) is 0 Å². The first-order chi connectivity index (χ1) is 8.16. The van der Waals surface area contributed by atoms with Crippen LogP contribution in [0.2, 0.25) is 5.02 Å². The summed E-state index contributed by atoms with van der Waals surface area (Å²) in [5, 5.41) is 0.611. The fourth-order valence-electron chi connectivity index (χ4n) is 1.32. The van der Waals surface area contributed by atoms with Gasteiger partial charge in [-0.15, -0.1) is 0 Å². The number of hydrogen-bond acceptors (Lipinski definition) is 2. The molecule has 0 fully saturated rings. The molecule has 0 aliphatic carbocycles. The molecule has 0 saturated carbocycles. The molecule has 0 radical (unpaired) electrons. The smallest absolute Gasteiger partial charge is 0.216 e. The number of aromatic nitrogens is 1. The predicted molar refractivity (Wildman–Crippen MR) is 69.8 cm³/mol. The molecule has 2 aromatic rings. The molecule has 0 unspecified atom stereocenters. The van der Waals surface area contributed by atoms with Crippen LogP contribution in [0.3, 0.4) is 0 Å². The molecule has 1 heterocycles. The van der Waals surface area contributed by atoms with Crippen molar-refractivity contribution in [1.29, 1.82) is 0 Å². The summed E-state index contributed by atoms with van der Waals surface area (Å²) in [6.07, 6.45) is 1.70. The van der Waals surface area contributed by atoms with Gasteiger partial charge in [0.2, 0.25) is 5.78 Å². The Morgan fingerprint density at radius 3 is 2.88 bits per heavy atom. The van der Waals surface area contributed by atoms with E-state index in [9.17, 15) is 4.79 Å². The third kappa shape index (κ3) is 3.11. The first-order valence-corrected chi connectivity index (χ1v) is 6.08. The number of halogens is 2. The van der Waals surface area contributed by atoms with E-state index >= 15 is 0 Å². The fraction of sp³-hybridized carbons (Fsp3) is 0.0833. The van der Waals surface area contributed by atoms with Gasteiger partial charge < -0.3 is 9.72 Å². The fourth-order valence-corrected chi connectivity index (χ4v) is 2.11. The Kier molecular flexibility index (Phi) is 3.86. The summed E-state index contributed by atoms with van der Waals surface area (Å²) in [6.45, 7) is -0.0131. The lowest BCUT2D eigenvalue weighted by Gasteiger charge is -2.07. The van der Waals surface area contributed by atoms with Crippen molar-refractivity contribution in [3.63, 3.8) is 0 Å². The standard InChI is InChI=1S/C12H9BrClNO2/c13-9-6-8(14)3-4-12(9)17-7-11(16)10-2-1-5-15-10/h1-6,15H,7H2. The Hall–Kier alpha value is -1.26. The largest absolute Gasteiger partial charge is 0.484 e. The number of nitrogens with one attached hydrogen (secondary N) is 1. The molecule has 0 atom stereocenters. The van der Waals surface area contributed by atoms with Gasteiger partial charge in [-0.3, -0.25) is 4.79 Å². The van der Waals surface area contributed by atoms with E-state index in [0.29, 0.717) is 16.5 Å². The van der Waals surface area contributed by atoms with Gasteiger partial charge in [-0.25, -0.2) is 0 Å². The number of benzene rings is 1. The summed E-state index contributed by atoms with van der Waals surface area (Å²) >= 11 is 9.12. The van der Waals surface area contributed by atoms with Crippen molar-refractivity contribution in [3.05, 3.63) is 51.7 Å². The van der Waals surface area contributed by atoms with Crippen LogP contribution in [0.1, 0.15) is 10.5 Å². The Bertz CT molecular complexity index is 525. The van der Waals surface area contributed by atoms with Crippen LogP contribution < -0.4 is 4.74 Å². The summed E-state index contributed by atoms with van der Waals surface area (Å²) in [6, 6.07) is 8.62. The minimum absolute atomic E-state index is 0.0131. The molecule has 0 saturated heterocycles. The zero-order chi connectivity index (χ0) is 12.3. The summed E-state index contributed by atoms with van der Waals surface area (Å²) in [7, 11) is 0. The van der Waals surface area contributed by atoms with Crippen LogP contribution in [0.4, 0.5) is 0 Å². The van der Waals surface area contributed by atoms with Gasteiger partial charge in [0.05, 0.1) is 10.2 Å². The number of ketones is 1. The molecule has 3 nitrogen and oxygen atoms in total. The van der Waals surface area contributed by atoms with Gasteiger partial charge in [-0.05, 0) is 46.3 Å². The van der Waals surface area contributed by atoms with E-state index < -0.39 is 0 Å². The number of Topliss-reactive ketones (excluding diaryl/α,β-unsaturated/α-hetero) is 1. The van der Waals surface area contributed by atoms with Crippen LogP contribution in [0.15, 0.2) is 41.0 Å². The molecule has 0 aliphatic rings. The lowest BCUT2D eigenvalue weighted by Crippen LogP contribution is -2.12. The van der Waals surface area contributed by atoms with Gasteiger partial charge >= 0.3 is 0 Å². The van der Waals surface area contributed by atoms with Crippen LogP contribution in [0, 0.1) is 0 Å². The van der Waals surface area contributed by atoms with Crippen molar-refractivity contribution in [2.45, 2.75) is 0 Å². The molecule has 1 aromatic carbocycles. The van der Waals surface area contributed by atoms with Gasteiger partial charge in [0.25, 0.3) is 0 Å². The molecule has 0 spiro atoms. The van der Waals surface area contributed by atoms with E-state index in [-0.39, 0.29) is 12.4 Å². The van der Waals surface area contributed by atoms with Gasteiger partial charge in [-0.2, -0.15) is 0 Å². The minimum Gasteiger partial charge on any atom is -0.484 e. The van der Waals surface area contributed by atoms with E-state index in [2.05, 4.69) is 20.9 Å². The summed E-state index contributed by atoms with van der Waals surface area (Å²) in [5.41, 5.74) is 0.537. The molecule has 0 amide bonds. The van der Waals surface area contributed by atoms with Gasteiger partial charge in [0.1, 0.15) is 5.75 Å². The molecule has 5 heteroatoms. The second-order valence-electron chi connectivity index (χ2n) is 3.37. The summed E-state index contributed by atoms with van der Waals surface area (Å²) in [5.74, 6) is 0.492. The quantitative estimate of drug-likeness (QED) is 0.875. The molecule has 1 N–H and O–H groups in total. The SMILES string of the molecule is O=C(COc1ccc(Cl)cc1Br)c1ccc[nH]1. The topological polar surface area (TPSA) is 42.1 Å². The predicted octanol–water partition coefficient (Wildman–Crippen LogP) is 3.69. The van der Waals surface area contributed by atoms with Gasteiger partial charge in [0, 0.05) is 11.2 Å². The number of rotatable bonds is 4. The second-order valence-corrected chi connectivity index (χ2v) is 4.66. The van der Waals surface area contributed by atoms with Crippen molar-refractivity contribution in [2.75, 3.05) is 6.61 Å². The van der Waals surface area contributed by atoms with Crippen molar-refractivity contribution in [2.24, 2.45) is 0 Å². The molecule has 17 heavy (non-hydrogen) atoms. The number of aromatic amines is 1. The lowest BCUT2D eigenvalue weighted by molar-refractivity contribution is 0.0916. The van der Waals surface area contributed by atoms with Crippen molar-refractivity contribution in [1.82, 2.24) is 4.98 Å². The monoisotopic (exact) mass is 313 g/mol. The Morgan fingerprint density at radius 1 is 1.41 bits per heavy atom. The van der Waals surface area contributed by atoms with E-state index in [0.717, 1.165) is 4.47 Å². The van der Waals surface area contributed by atoms with Crippen molar-refractivity contribution in [3.8, 4) is 5.75 Å². The van der Waals surface area contributed by atoms with Gasteiger partial charge in [-0.1, -0.05) is 11.6 Å². The highest BCUT2D eigenvalue weighted by atomic mass is 79.9. The van der Waals surface area contributed by atoms with E-state index in [4.69, 9.17) is 16.3 Å². The maximum Gasteiger partial charge on any atom is 0.216 e. The summed E-state index contributed by atoms with van der Waals surface area (Å²) in [4.78, 5) is 14.5. The van der Waals surface area contributed by atoms with E-state index in [1.807, 2.05) is 0 Å². The Balaban J connectivity index is 2.01. The van der Waals surface area contributed by atoms with Crippen LogP contribution in [0.5, 0.6) is 5.75 Å². The molecule has 0 bridgehead atoms. The number of hydrogen-bond donors (Lipinski definition) is 1. The third-order valence-corrected chi connectivity index (χ3v) is 3.01. The third-order valence-electron chi connectivity index (χ3n) is 2.15. The minimum atomic E-state index is -0.100. The van der Waals surface area contributed by atoms with E-state index in [1.54, 1.807) is 36.5 Å². The molecular formula is C12H9BrClNO2. The zero-order valence-corrected chi connectivity index (χ0v) is 11.1. The van der Waals surface area contributed by atoms with Crippen LogP contribution in [-0.4, -0.2) is 17.4 Å².